The van der Waals surface area contributed by atoms with Gasteiger partial charge in [-0.25, -0.2) is 0 Å². The third-order valence-electron chi connectivity index (χ3n) is 1.97. The molecule has 0 radical (unpaired) electrons. The van der Waals surface area contributed by atoms with Gasteiger partial charge in [0.25, 0.3) is 0 Å². The predicted molar refractivity (Wildman–Crippen MR) is 64.1 cm³/mol. The summed E-state index contributed by atoms with van der Waals surface area (Å²) in [6, 6.07) is 0. The van der Waals surface area contributed by atoms with Gasteiger partial charge in [-0.3, -0.25) is 0 Å². The molecule has 0 atom stereocenters. The van der Waals surface area contributed by atoms with E-state index in [0.29, 0.717) is 0 Å². The van der Waals surface area contributed by atoms with Crippen molar-refractivity contribution >= 4 is 0 Å². The van der Waals surface area contributed by atoms with Crippen molar-refractivity contribution in [1.82, 2.24) is 0 Å². The van der Waals surface area contributed by atoms with Crippen molar-refractivity contribution < 1.29 is 0 Å². The van der Waals surface area contributed by atoms with Crippen molar-refractivity contribution in [2.75, 3.05) is 0 Å². The van der Waals surface area contributed by atoms with Gasteiger partial charge in [-0.1, -0.05) is 46.8 Å². The van der Waals surface area contributed by atoms with Crippen molar-refractivity contribution in [1.29, 1.82) is 0 Å². The van der Waals surface area contributed by atoms with Gasteiger partial charge in [0, 0.05) is 0 Å². The molecule has 0 bridgehead atoms. The molecule has 0 saturated heterocycles. The lowest BCUT2D eigenvalue weighted by Crippen LogP contribution is -1.86. The van der Waals surface area contributed by atoms with Crippen LogP contribution in [0.25, 0.3) is 0 Å². The first-order valence-electron chi connectivity index (χ1n) is 5.64. The molecule has 0 aromatic heterocycles. The third-order valence-corrected chi connectivity index (χ3v) is 1.97. The number of hydrogen-bond acceptors (Lipinski definition) is 0. The summed E-state index contributed by atoms with van der Waals surface area (Å²) in [5, 5.41) is 0. The van der Waals surface area contributed by atoms with Crippen LogP contribution in [-0.4, -0.2) is 0 Å². The van der Waals surface area contributed by atoms with Gasteiger partial charge in [0.2, 0.25) is 0 Å². The van der Waals surface area contributed by atoms with Crippen molar-refractivity contribution in [2.24, 2.45) is 0 Å². The summed E-state index contributed by atoms with van der Waals surface area (Å²) in [7, 11) is 0. The van der Waals surface area contributed by atoms with Gasteiger partial charge in [0.05, 0.1) is 0 Å². The summed E-state index contributed by atoms with van der Waals surface area (Å²) in [5.74, 6) is 0. The summed E-state index contributed by atoms with van der Waals surface area (Å²) >= 11 is 0. The van der Waals surface area contributed by atoms with Crippen LogP contribution in [0.1, 0.15) is 60.8 Å². The van der Waals surface area contributed by atoms with Crippen LogP contribution in [0.4, 0.5) is 0 Å². The van der Waals surface area contributed by atoms with Crippen molar-refractivity contribution in [2.45, 2.75) is 60.8 Å². The molecule has 0 rings (SSSR count). The highest BCUT2D eigenvalue weighted by Gasteiger charge is 1.97. The Balaban J connectivity index is 0. The standard InChI is InChI=1S/C11H20.C2H6/c1-5-9-11(8-4)10(6-2)7-3;1-2/h6,9H,5,7-8H2,1-4H3;1-2H3/b10-6-,11-9-;. The Morgan fingerprint density at radius 2 is 1.38 bits per heavy atom. The zero-order valence-corrected chi connectivity index (χ0v) is 10.3. The molecule has 13 heavy (non-hydrogen) atoms. The highest BCUT2D eigenvalue weighted by molar-refractivity contribution is 5.29. The van der Waals surface area contributed by atoms with E-state index in [9.17, 15) is 0 Å². The van der Waals surface area contributed by atoms with Crippen molar-refractivity contribution in [3.05, 3.63) is 23.3 Å². The smallest absolute Gasteiger partial charge is 0.0308 e. The second-order valence-corrected chi connectivity index (χ2v) is 2.66. The first-order chi connectivity index (χ1) is 6.29. The van der Waals surface area contributed by atoms with Crippen molar-refractivity contribution in [3.8, 4) is 0 Å². The van der Waals surface area contributed by atoms with E-state index in [1.807, 2.05) is 13.8 Å². The second kappa shape index (κ2) is 11.5. The molecule has 0 heteroatoms. The second-order valence-electron chi connectivity index (χ2n) is 2.66. The minimum Gasteiger partial charge on any atom is -0.0842 e. The van der Waals surface area contributed by atoms with E-state index in [1.54, 1.807) is 0 Å². The Morgan fingerprint density at radius 3 is 1.62 bits per heavy atom. The molecule has 0 aromatic rings. The highest BCUT2D eigenvalue weighted by Crippen LogP contribution is 2.17. The van der Waals surface area contributed by atoms with E-state index < -0.39 is 0 Å². The van der Waals surface area contributed by atoms with Crippen LogP contribution in [0, 0.1) is 0 Å². The topological polar surface area (TPSA) is 0 Å². The molecular formula is C13H26. The van der Waals surface area contributed by atoms with E-state index in [0.717, 1.165) is 12.8 Å². The fraction of sp³-hybridized carbons (Fsp3) is 0.692. The molecule has 78 valence electrons. The van der Waals surface area contributed by atoms with Crippen LogP contribution in [0.15, 0.2) is 23.3 Å². The maximum absolute atomic E-state index is 2.33. The molecule has 0 unspecified atom stereocenters. The van der Waals surface area contributed by atoms with Crippen LogP contribution < -0.4 is 0 Å². The normalized spacial score (nSPS) is 12.2. The van der Waals surface area contributed by atoms with E-state index >= 15 is 0 Å². The van der Waals surface area contributed by atoms with E-state index in [-0.39, 0.29) is 0 Å². The van der Waals surface area contributed by atoms with Gasteiger partial charge in [0.1, 0.15) is 0 Å². The molecule has 0 amide bonds. The first kappa shape index (κ1) is 15.0. The van der Waals surface area contributed by atoms with Crippen LogP contribution in [0.5, 0.6) is 0 Å². The van der Waals surface area contributed by atoms with Crippen LogP contribution in [0.2, 0.25) is 0 Å². The summed E-state index contributed by atoms with van der Waals surface area (Å²) in [4.78, 5) is 0. The largest absolute Gasteiger partial charge is 0.0842 e. The number of rotatable bonds is 4. The zero-order valence-electron chi connectivity index (χ0n) is 10.3. The van der Waals surface area contributed by atoms with E-state index in [2.05, 4.69) is 39.8 Å². The molecule has 0 aliphatic carbocycles. The van der Waals surface area contributed by atoms with E-state index in [4.69, 9.17) is 0 Å². The molecule has 0 aromatic carbocycles. The van der Waals surface area contributed by atoms with E-state index in [1.165, 1.54) is 17.6 Å². The van der Waals surface area contributed by atoms with Gasteiger partial charge >= 0.3 is 0 Å². The van der Waals surface area contributed by atoms with Crippen LogP contribution in [-0.2, 0) is 0 Å². The zero-order chi connectivity index (χ0) is 10.7. The Hall–Kier alpha value is -0.520. The molecule has 0 nitrogen and oxygen atoms in total. The fourth-order valence-electron chi connectivity index (χ4n) is 1.37. The van der Waals surface area contributed by atoms with Gasteiger partial charge in [-0.15, -0.1) is 0 Å². The van der Waals surface area contributed by atoms with Gasteiger partial charge in [-0.2, -0.15) is 0 Å². The lowest BCUT2D eigenvalue weighted by molar-refractivity contribution is 0.999. The minimum absolute atomic E-state index is 1.15. The summed E-state index contributed by atoms with van der Waals surface area (Å²) in [6.07, 6.45) is 8.04. The number of hydrogen-bond donors (Lipinski definition) is 0. The Bertz CT molecular complexity index is 149. The predicted octanol–water partition coefficient (Wildman–Crippen LogP) is 5.12. The van der Waals surface area contributed by atoms with Crippen LogP contribution in [0.3, 0.4) is 0 Å². The summed E-state index contributed by atoms with van der Waals surface area (Å²) in [5.41, 5.74) is 3.03. The van der Waals surface area contributed by atoms with Gasteiger partial charge in [0.15, 0.2) is 0 Å². The lowest BCUT2D eigenvalue weighted by atomic mass is 10.0. The maximum atomic E-state index is 2.33. The molecule has 0 spiro atoms. The molecule has 0 saturated carbocycles. The molecule has 0 heterocycles. The maximum Gasteiger partial charge on any atom is -0.0308 e. The third kappa shape index (κ3) is 6.62. The van der Waals surface area contributed by atoms with Crippen LogP contribution >= 0.6 is 0 Å². The molecule has 0 aliphatic heterocycles. The Kier molecular flexibility index (Phi) is 13.2. The SMILES string of the molecule is C/C=C(CC)\C(=C/CC)CC.CC. The Morgan fingerprint density at radius 1 is 0.923 bits per heavy atom. The number of allylic oxidation sites excluding steroid dienone is 4. The molecular weight excluding hydrogens is 156 g/mol. The lowest BCUT2D eigenvalue weighted by Gasteiger charge is -2.06. The average molecular weight is 182 g/mol. The Labute approximate surface area is 84.7 Å². The molecule has 0 fully saturated rings. The van der Waals surface area contributed by atoms with Gasteiger partial charge in [-0.05, 0) is 37.3 Å². The highest BCUT2D eigenvalue weighted by atomic mass is 14.0. The summed E-state index contributed by atoms with van der Waals surface area (Å²) < 4.78 is 0. The molecule has 0 aliphatic rings. The molecule has 0 N–H and O–H groups in total. The monoisotopic (exact) mass is 182 g/mol. The fourth-order valence-corrected chi connectivity index (χ4v) is 1.37. The van der Waals surface area contributed by atoms with Gasteiger partial charge < -0.3 is 0 Å². The quantitative estimate of drug-likeness (QED) is 0.530. The van der Waals surface area contributed by atoms with Crippen molar-refractivity contribution in [3.63, 3.8) is 0 Å². The minimum atomic E-state index is 1.15. The average Bonchev–Trinajstić information content (AvgIpc) is 2.21. The first-order valence-corrected chi connectivity index (χ1v) is 5.64. The summed E-state index contributed by atoms with van der Waals surface area (Å²) in [6.45, 7) is 12.8.